The SMILES string of the molecule is CCOc1cc(C(=O)Nc2cccc(C(C)=O)c2)ccc1OCC(C)C. The smallest absolute Gasteiger partial charge is 0.255 e. The molecule has 26 heavy (non-hydrogen) atoms. The number of amides is 1. The third-order valence-electron chi connectivity index (χ3n) is 3.60. The minimum Gasteiger partial charge on any atom is -0.490 e. The van der Waals surface area contributed by atoms with Crippen LogP contribution in [0.5, 0.6) is 11.5 Å². The first-order valence-corrected chi connectivity index (χ1v) is 8.72. The highest BCUT2D eigenvalue weighted by molar-refractivity contribution is 6.05. The van der Waals surface area contributed by atoms with Gasteiger partial charge in [0.05, 0.1) is 13.2 Å². The maximum atomic E-state index is 12.5. The first-order valence-electron chi connectivity index (χ1n) is 8.72. The fourth-order valence-corrected chi connectivity index (χ4v) is 2.31. The van der Waals surface area contributed by atoms with Gasteiger partial charge in [0, 0.05) is 16.8 Å². The van der Waals surface area contributed by atoms with Crippen LogP contribution in [0.4, 0.5) is 5.69 Å². The average molecular weight is 355 g/mol. The van der Waals surface area contributed by atoms with Crippen molar-refractivity contribution in [2.24, 2.45) is 5.92 Å². The van der Waals surface area contributed by atoms with E-state index in [2.05, 4.69) is 19.2 Å². The Morgan fingerprint density at radius 3 is 2.42 bits per heavy atom. The van der Waals surface area contributed by atoms with Gasteiger partial charge in [-0.15, -0.1) is 0 Å². The van der Waals surface area contributed by atoms with E-state index < -0.39 is 0 Å². The molecule has 0 atom stereocenters. The highest BCUT2D eigenvalue weighted by Crippen LogP contribution is 2.29. The van der Waals surface area contributed by atoms with Crippen molar-refractivity contribution in [1.29, 1.82) is 0 Å². The second-order valence-electron chi connectivity index (χ2n) is 6.39. The van der Waals surface area contributed by atoms with Gasteiger partial charge in [0.15, 0.2) is 17.3 Å². The van der Waals surface area contributed by atoms with Crippen LogP contribution in [0, 0.1) is 5.92 Å². The topological polar surface area (TPSA) is 64.6 Å². The van der Waals surface area contributed by atoms with Gasteiger partial charge >= 0.3 is 0 Å². The van der Waals surface area contributed by atoms with Crippen LogP contribution in [-0.2, 0) is 0 Å². The van der Waals surface area contributed by atoms with Crippen LogP contribution in [0.1, 0.15) is 48.4 Å². The maximum absolute atomic E-state index is 12.5. The number of hydrogen-bond acceptors (Lipinski definition) is 4. The zero-order chi connectivity index (χ0) is 19.1. The quantitative estimate of drug-likeness (QED) is 0.704. The molecule has 0 radical (unpaired) electrons. The molecule has 5 nitrogen and oxygen atoms in total. The molecule has 5 heteroatoms. The molecular weight excluding hydrogens is 330 g/mol. The standard InChI is InChI=1S/C21H25NO4/c1-5-25-20-12-17(9-10-19(20)26-13-14(2)3)21(24)22-18-8-6-7-16(11-18)15(4)23/h6-12,14H,5,13H2,1-4H3,(H,22,24). The van der Waals surface area contributed by atoms with Crippen molar-refractivity contribution in [2.45, 2.75) is 27.7 Å². The third-order valence-corrected chi connectivity index (χ3v) is 3.60. The van der Waals surface area contributed by atoms with Crippen LogP contribution in [0.15, 0.2) is 42.5 Å². The minimum atomic E-state index is -0.276. The van der Waals surface area contributed by atoms with E-state index >= 15 is 0 Å². The molecule has 0 fully saturated rings. The normalized spacial score (nSPS) is 10.5. The van der Waals surface area contributed by atoms with Gasteiger partial charge in [-0.25, -0.2) is 0 Å². The van der Waals surface area contributed by atoms with Gasteiger partial charge in [-0.1, -0.05) is 26.0 Å². The number of carbonyl (C=O) groups is 2. The maximum Gasteiger partial charge on any atom is 0.255 e. The molecule has 0 heterocycles. The zero-order valence-electron chi connectivity index (χ0n) is 15.7. The van der Waals surface area contributed by atoms with Crippen molar-refractivity contribution in [3.05, 3.63) is 53.6 Å². The second kappa shape index (κ2) is 9.04. The fraction of sp³-hybridized carbons (Fsp3) is 0.333. The third kappa shape index (κ3) is 5.34. The van der Waals surface area contributed by atoms with Crippen LogP contribution < -0.4 is 14.8 Å². The average Bonchev–Trinajstić information content (AvgIpc) is 2.61. The summed E-state index contributed by atoms with van der Waals surface area (Å²) in [5.41, 5.74) is 1.58. The summed E-state index contributed by atoms with van der Waals surface area (Å²) in [6, 6.07) is 12.0. The fourth-order valence-electron chi connectivity index (χ4n) is 2.31. The molecule has 2 aromatic rings. The Morgan fingerprint density at radius 2 is 1.77 bits per heavy atom. The summed E-state index contributed by atoms with van der Waals surface area (Å²) in [6.07, 6.45) is 0. The lowest BCUT2D eigenvalue weighted by atomic mass is 10.1. The van der Waals surface area contributed by atoms with Gasteiger partial charge in [0.2, 0.25) is 0 Å². The monoisotopic (exact) mass is 355 g/mol. The molecule has 0 bridgehead atoms. The summed E-state index contributed by atoms with van der Waals surface area (Å²) in [5, 5.41) is 2.80. The first kappa shape index (κ1) is 19.5. The highest BCUT2D eigenvalue weighted by atomic mass is 16.5. The molecule has 0 aliphatic rings. The molecule has 2 aromatic carbocycles. The van der Waals surface area contributed by atoms with Crippen LogP contribution in [0.2, 0.25) is 0 Å². The Balaban J connectivity index is 2.19. The molecule has 0 unspecified atom stereocenters. The van der Waals surface area contributed by atoms with Crippen molar-refractivity contribution < 1.29 is 19.1 Å². The van der Waals surface area contributed by atoms with E-state index in [9.17, 15) is 9.59 Å². The summed E-state index contributed by atoms with van der Waals surface area (Å²) in [5.74, 6) is 1.23. The lowest BCUT2D eigenvalue weighted by Gasteiger charge is -2.14. The Morgan fingerprint density at radius 1 is 1.00 bits per heavy atom. The van der Waals surface area contributed by atoms with Gasteiger partial charge in [0.25, 0.3) is 5.91 Å². The summed E-state index contributed by atoms with van der Waals surface area (Å²) in [4.78, 5) is 24.0. The van der Waals surface area contributed by atoms with Gasteiger partial charge in [0.1, 0.15) is 0 Å². The number of anilines is 1. The lowest BCUT2D eigenvalue weighted by Crippen LogP contribution is -2.13. The number of ether oxygens (including phenoxy) is 2. The predicted octanol–water partition coefficient (Wildman–Crippen LogP) is 4.58. The summed E-state index contributed by atoms with van der Waals surface area (Å²) < 4.78 is 11.4. The Hall–Kier alpha value is -2.82. The van der Waals surface area contributed by atoms with E-state index in [4.69, 9.17) is 9.47 Å². The van der Waals surface area contributed by atoms with Gasteiger partial charge in [-0.2, -0.15) is 0 Å². The van der Waals surface area contributed by atoms with Crippen LogP contribution in [0.25, 0.3) is 0 Å². The van der Waals surface area contributed by atoms with Crippen molar-refractivity contribution in [1.82, 2.24) is 0 Å². The van der Waals surface area contributed by atoms with Crippen LogP contribution in [-0.4, -0.2) is 24.9 Å². The predicted molar refractivity (Wildman–Crippen MR) is 102 cm³/mol. The summed E-state index contributed by atoms with van der Waals surface area (Å²) in [7, 11) is 0. The van der Waals surface area contributed by atoms with Gasteiger partial charge in [-0.05, 0) is 50.1 Å². The lowest BCUT2D eigenvalue weighted by molar-refractivity contribution is 0.101. The Bertz CT molecular complexity index is 783. The molecule has 0 aromatic heterocycles. The molecule has 0 spiro atoms. The largest absolute Gasteiger partial charge is 0.490 e. The summed E-state index contributed by atoms with van der Waals surface area (Å²) >= 11 is 0. The molecular formula is C21H25NO4. The summed E-state index contributed by atoms with van der Waals surface area (Å²) in [6.45, 7) is 8.55. The van der Waals surface area contributed by atoms with E-state index in [1.807, 2.05) is 6.92 Å². The molecule has 0 aliphatic heterocycles. The van der Waals surface area contributed by atoms with E-state index in [1.165, 1.54) is 6.92 Å². The van der Waals surface area contributed by atoms with Crippen molar-refractivity contribution in [3.63, 3.8) is 0 Å². The van der Waals surface area contributed by atoms with Gasteiger partial charge < -0.3 is 14.8 Å². The molecule has 0 aliphatic carbocycles. The second-order valence-corrected chi connectivity index (χ2v) is 6.39. The molecule has 0 saturated heterocycles. The number of ketones is 1. The van der Waals surface area contributed by atoms with E-state index in [-0.39, 0.29) is 11.7 Å². The van der Waals surface area contributed by atoms with Crippen LogP contribution in [0.3, 0.4) is 0 Å². The Kier molecular flexibility index (Phi) is 6.78. The number of Topliss-reactive ketones (excluding diaryl/α,β-unsaturated/α-hetero) is 1. The van der Waals surface area contributed by atoms with E-state index in [0.717, 1.165) is 0 Å². The zero-order valence-corrected chi connectivity index (χ0v) is 15.7. The molecule has 1 amide bonds. The number of hydrogen-bond donors (Lipinski definition) is 1. The number of nitrogens with one attached hydrogen (secondary N) is 1. The van der Waals surface area contributed by atoms with Crippen LogP contribution >= 0.6 is 0 Å². The first-order chi connectivity index (χ1) is 12.4. The molecule has 2 rings (SSSR count). The van der Waals surface area contributed by atoms with E-state index in [1.54, 1.807) is 42.5 Å². The number of rotatable bonds is 8. The molecule has 0 saturated carbocycles. The molecule has 1 N–H and O–H groups in total. The number of carbonyl (C=O) groups excluding carboxylic acids is 2. The molecule has 138 valence electrons. The van der Waals surface area contributed by atoms with Crippen molar-refractivity contribution in [2.75, 3.05) is 18.5 Å². The number of benzene rings is 2. The van der Waals surface area contributed by atoms with E-state index in [0.29, 0.717) is 47.4 Å². The van der Waals surface area contributed by atoms with Crippen molar-refractivity contribution in [3.8, 4) is 11.5 Å². The highest BCUT2D eigenvalue weighted by Gasteiger charge is 2.13. The minimum absolute atomic E-state index is 0.0496. The van der Waals surface area contributed by atoms with Crippen molar-refractivity contribution >= 4 is 17.4 Å². The Labute approximate surface area is 154 Å². The van der Waals surface area contributed by atoms with Gasteiger partial charge in [-0.3, -0.25) is 9.59 Å².